The molecule has 0 atom stereocenters. The Morgan fingerprint density at radius 1 is 1.30 bits per heavy atom. The van der Waals surface area contributed by atoms with E-state index in [0.29, 0.717) is 5.69 Å². The Labute approximate surface area is 135 Å². The number of aromatic amines is 1. The summed E-state index contributed by atoms with van der Waals surface area (Å²) in [6.45, 7) is 3.26. The molecule has 6 nitrogen and oxygen atoms in total. The molecule has 2 aromatic rings. The van der Waals surface area contributed by atoms with Gasteiger partial charge in [0.05, 0.1) is 36.7 Å². The largest absolute Gasteiger partial charge is 0.550 e. The molecule has 6 heteroatoms. The quantitative estimate of drug-likeness (QED) is 0.785. The summed E-state index contributed by atoms with van der Waals surface area (Å²) in [7, 11) is 3.91. The first kappa shape index (κ1) is 15.6. The van der Waals surface area contributed by atoms with Gasteiger partial charge < -0.3 is 24.4 Å². The molecule has 0 bridgehead atoms. The number of ether oxygens (including phenoxy) is 1. The van der Waals surface area contributed by atoms with Gasteiger partial charge >= 0.3 is 0 Å². The first-order valence-electron chi connectivity index (χ1n) is 7.73. The lowest BCUT2D eigenvalue weighted by molar-refractivity contribution is -0.361. The number of fused-ring (bicyclic) bond motifs is 1. The summed E-state index contributed by atoms with van der Waals surface area (Å²) < 4.78 is 5.41. The molecule has 0 unspecified atom stereocenters. The number of morpholine rings is 1. The van der Waals surface area contributed by atoms with Crippen molar-refractivity contribution in [2.24, 2.45) is 0 Å². The van der Waals surface area contributed by atoms with Gasteiger partial charge in [0.2, 0.25) is 5.52 Å². The Morgan fingerprint density at radius 3 is 2.70 bits per heavy atom. The van der Waals surface area contributed by atoms with Crippen molar-refractivity contribution in [1.82, 2.24) is 0 Å². The number of H-pyrrole nitrogens is 1. The number of hydrogen-bond donors (Lipinski definition) is 0. The summed E-state index contributed by atoms with van der Waals surface area (Å²) in [6, 6.07) is 8.09. The van der Waals surface area contributed by atoms with Crippen LogP contribution in [0.4, 0.5) is 11.4 Å². The lowest BCUT2D eigenvalue weighted by atomic mass is 10.1. The van der Waals surface area contributed by atoms with E-state index < -0.39 is 5.97 Å². The molecule has 1 aromatic heterocycles. The molecule has 1 aliphatic heterocycles. The molecule has 1 fully saturated rings. The van der Waals surface area contributed by atoms with Gasteiger partial charge in [-0.25, -0.2) is 4.98 Å². The van der Waals surface area contributed by atoms with Crippen LogP contribution in [0.25, 0.3) is 10.9 Å². The van der Waals surface area contributed by atoms with Crippen LogP contribution < -0.4 is 19.9 Å². The second-order valence-corrected chi connectivity index (χ2v) is 5.95. The van der Waals surface area contributed by atoms with E-state index in [9.17, 15) is 9.90 Å². The van der Waals surface area contributed by atoms with E-state index in [1.807, 2.05) is 31.1 Å². The standard InChI is InChI=1S/C17H21N3O3/c1-19(2)16-9-12(10-17(21)22)18-15-4-3-13(11-14(15)16)20-5-7-23-8-6-20/h3-4,9,11H,5-8,10H2,1-2H3,(H,21,22). The van der Waals surface area contributed by atoms with Gasteiger partial charge in [-0.1, -0.05) is 0 Å². The normalized spacial score (nSPS) is 15.0. The van der Waals surface area contributed by atoms with Crippen molar-refractivity contribution >= 4 is 28.2 Å². The first-order chi connectivity index (χ1) is 11.0. The van der Waals surface area contributed by atoms with E-state index in [1.54, 1.807) is 0 Å². The van der Waals surface area contributed by atoms with Gasteiger partial charge in [0.15, 0.2) is 5.69 Å². The zero-order valence-corrected chi connectivity index (χ0v) is 13.5. The number of carboxylic acid groups (broad SMARTS) is 1. The van der Waals surface area contributed by atoms with Crippen LogP contribution in [-0.2, 0) is 16.0 Å². The van der Waals surface area contributed by atoms with Crippen LogP contribution in [0.1, 0.15) is 5.69 Å². The second kappa shape index (κ2) is 6.42. The third kappa shape index (κ3) is 3.37. The maximum atomic E-state index is 10.9. The molecule has 1 N–H and O–H groups in total. The molecule has 0 amide bonds. The van der Waals surface area contributed by atoms with Gasteiger partial charge in [-0.15, -0.1) is 0 Å². The van der Waals surface area contributed by atoms with E-state index in [-0.39, 0.29) is 6.42 Å². The lowest BCUT2D eigenvalue weighted by Gasteiger charge is -2.29. The van der Waals surface area contributed by atoms with Gasteiger partial charge in [-0.05, 0) is 12.1 Å². The second-order valence-electron chi connectivity index (χ2n) is 5.95. The van der Waals surface area contributed by atoms with E-state index in [2.05, 4.69) is 22.0 Å². The molecule has 23 heavy (non-hydrogen) atoms. The summed E-state index contributed by atoms with van der Waals surface area (Å²) in [4.78, 5) is 18.4. The first-order valence-corrected chi connectivity index (χ1v) is 7.73. The summed E-state index contributed by atoms with van der Waals surface area (Å²) in [6.07, 6.45) is -0.123. The van der Waals surface area contributed by atoms with Crippen LogP contribution >= 0.6 is 0 Å². The Balaban J connectivity index is 2.06. The number of rotatable bonds is 4. The van der Waals surface area contributed by atoms with Gasteiger partial charge in [-0.2, -0.15) is 0 Å². The highest BCUT2D eigenvalue weighted by molar-refractivity contribution is 5.92. The Bertz CT molecular complexity index is 724. The lowest BCUT2D eigenvalue weighted by Crippen LogP contribution is -2.36. The summed E-state index contributed by atoms with van der Waals surface area (Å²) >= 11 is 0. The number of nitrogens with zero attached hydrogens (tertiary/aromatic N) is 2. The maximum absolute atomic E-state index is 10.9. The van der Waals surface area contributed by atoms with Crippen LogP contribution in [0, 0.1) is 0 Å². The minimum absolute atomic E-state index is 0.123. The average Bonchev–Trinajstić information content (AvgIpc) is 2.54. The molecule has 0 spiro atoms. The minimum atomic E-state index is -1.09. The van der Waals surface area contributed by atoms with Crippen molar-refractivity contribution in [3.8, 4) is 0 Å². The highest BCUT2D eigenvalue weighted by Crippen LogP contribution is 2.28. The fourth-order valence-electron chi connectivity index (χ4n) is 2.94. The molecule has 2 heterocycles. The zero-order valence-electron chi connectivity index (χ0n) is 13.5. The third-order valence-corrected chi connectivity index (χ3v) is 4.08. The van der Waals surface area contributed by atoms with Gasteiger partial charge in [-0.3, -0.25) is 0 Å². The van der Waals surface area contributed by atoms with E-state index in [1.165, 1.54) is 0 Å². The van der Waals surface area contributed by atoms with Crippen molar-refractivity contribution in [3.63, 3.8) is 0 Å². The smallest absolute Gasteiger partial charge is 0.213 e. The summed E-state index contributed by atoms with van der Waals surface area (Å²) in [5.74, 6) is -1.09. The molecule has 1 aliphatic rings. The predicted octanol–water partition coefficient (Wildman–Crippen LogP) is -0.151. The number of benzene rings is 1. The molecule has 122 valence electrons. The number of pyridine rings is 1. The molecule has 1 aromatic carbocycles. The van der Waals surface area contributed by atoms with Crippen LogP contribution in [0.15, 0.2) is 24.3 Å². The van der Waals surface area contributed by atoms with Crippen molar-refractivity contribution in [1.29, 1.82) is 0 Å². The number of carbonyl (C=O) groups is 1. The molecular formula is C17H21N3O3. The predicted molar refractivity (Wildman–Crippen MR) is 86.6 cm³/mol. The number of hydrogen-bond acceptors (Lipinski definition) is 5. The Hall–Kier alpha value is -2.34. The van der Waals surface area contributed by atoms with Gasteiger partial charge in [0.25, 0.3) is 0 Å². The van der Waals surface area contributed by atoms with Gasteiger partial charge in [0.1, 0.15) is 0 Å². The molecule has 1 saturated heterocycles. The van der Waals surface area contributed by atoms with Gasteiger partial charge in [0, 0.05) is 45.0 Å². The van der Waals surface area contributed by atoms with Crippen molar-refractivity contribution < 1.29 is 19.6 Å². The van der Waals surface area contributed by atoms with E-state index in [4.69, 9.17) is 4.74 Å². The van der Waals surface area contributed by atoms with E-state index >= 15 is 0 Å². The minimum Gasteiger partial charge on any atom is -0.550 e. The topological polar surface area (TPSA) is 70.0 Å². The number of aliphatic carboxylic acids is 1. The number of anilines is 2. The summed E-state index contributed by atoms with van der Waals surface area (Å²) in [5.41, 5.74) is 3.71. The fourth-order valence-corrected chi connectivity index (χ4v) is 2.94. The molecular weight excluding hydrogens is 294 g/mol. The molecule has 0 saturated carbocycles. The maximum Gasteiger partial charge on any atom is 0.213 e. The van der Waals surface area contributed by atoms with Crippen molar-refractivity contribution in [2.75, 3.05) is 50.2 Å². The highest BCUT2D eigenvalue weighted by Gasteiger charge is 2.17. The number of aromatic nitrogens is 1. The Kier molecular flexibility index (Phi) is 4.34. The molecule has 3 rings (SSSR count). The Morgan fingerprint density at radius 2 is 2.04 bits per heavy atom. The van der Waals surface area contributed by atoms with Crippen LogP contribution in [0.2, 0.25) is 0 Å². The number of carbonyl (C=O) groups excluding carboxylic acids is 1. The third-order valence-electron chi connectivity index (χ3n) is 4.08. The fraction of sp³-hybridized carbons (Fsp3) is 0.412. The molecule has 0 aliphatic carbocycles. The summed E-state index contributed by atoms with van der Waals surface area (Å²) in [5, 5.41) is 12.0. The van der Waals surface area contributed by atoms with E-state index in [0.717, 1.165) is 48.6 Å². The van der Waals surface area contributed by atoms with Crippen molar-refractivity contribution in [3.05, 3.63) is 30.0 Å². The number of nitrogens with one attached hydrogen (secondary N) is 1. The van der Waals surface area contributed by atoms with Crippen LogP contribution in [0.5, 0.6) is 0 Å². The molecule has 0 radical (unpaired) electrons. The van der Waals surface area contributed by atoms with Crippen LogP contribution in [-0.4, -0.2) is 46.4 Å². The SMILES string of the molecule is CN(C)c1cc(CC(=O)[O-])[nH+]c2ccc(N3CCOCC3)cc12. The average molecular weight is 315 g/mol. The highest BCUT2D eigenvalue weighted by atomic mass is 16.5. The number of carboxylic acids is 1. The van der Waals surface area contributed by atoms with Crippen molar-refractivity contribution in [2.45, 2.75) is 6.42 Å². The zero-order chi connectivity index (χ0) is 16.4. The van der Waals surface area contributed by atoms with Crippen LogP contribution in [0.3, 0.4) is 0 Å². The monoisotopic (exact) mass is 315 g/mol.